The largest absolute Gasteiger partial charge is 0.212 e. The number of aromatic nitrogens is 5. The highest BCUT2D eigenvalue weighted by Crippen LogP contribution is 2.40. The van der Waals surface area contributed by atoms with Crippen molar-refractivity contribution in [1.82, 2.24) is 0 Å². The molecule has 0 radical (unpaired) electrons. The molecular weight excluding hydrogens is 1140 g/mol. The number of hydrogen-bond donors (Lipinski definition) is 0. The minimum Gasteiger partial charge on any atom is -0.201 e. The van der Waals surface area contributed by atoms with Crippen LogP contribution in [0.15, 0.2) is 195 Å². The van der Waals surface area contributed by atoms with Crippen molar-refractivity contribution in [2.24, 2.45) is 35.2 Å². The van der Waals surface area contributed by atoms with Gasteiger partial charge in [-0.05, 0) is 224 Å². The van der Waals surface area contributed by atoms with Crippen LogP contribution in [-0.2, 0) is 35.2 Å². The maximum atomic E-state index is 7.55. The zero-order valence-corrected chi connectivity index (χ0v) is 59.3. The van der Waals surface area contributed by atoms with E-state index in [0.29, 0.717) is 5.56 Å². The molecule has 5 aromatic heterocycles. The molecule has 14 rings (SSSR count). The van der Waals surface area contributed by atoms with E-state index in [9.17, 15) is 0 Å². The lowest BCUT2D eigenvalue weighted by molar-refractivity contribution is -0.661. The standard InChI is InChI=1S/2C19H24N.2C18H22N.C15H18N/c1-14-8-4-7-11-17(14)19-12-18(15(2)13-20(19)3)16-9-5-6-10-16;1-14-8-4-7-11-17(14)19-12-15(2)18(13-20(19)3)16-9-5-6-10-16;1-14-7-3-6-10-17(14)18-13-16(11-12-19(18)2)15-8-4-5-9-15;1-14-7-3-6-10-17(14)18-12-11-16(13-19(18)2)15-8-4-5-9-15;1-11-7-5-6-8-14(11)15-9-12(2)13(3)10-16(15)4/h2*4,7-8,11-13,16H,5-6,9-10H2,1-3H3;2*3,6-7,10-13,15H,4-5,8-9H2,1-2H3;5-10H,1-4H3/q5*+1/i;;;;3D3. The molecule has 5 heterocycles. The van der Waals surface area contributed by atoms with Gasteiger partial charge in [0.15, 0.2) is 31.0 Å². The zero-order chi connectivity index (χ0) is 68.9. The summed E-state index contributed by atoms with van der Waals surface area (Å²) in [6.07, 6.45) is 33.0. The van der Waals surface area contributed by atoms with Gasteiger partial charge in [-0.2, -0.15) is 0 Å². The van der Waals surface area contributed by atoms with Crippen LogP contribution in [0.1, 0.15) is 203 Å². The fourth-order valence-electron chi connectivity index (χ4n) is 15.5. The molecule has 5 aromatic carbocycles. The topological polar surface area (TPSA) is 19.4 Å². The maximum absolute atomic E-state index is 7.55. The lowest BCUT2D eigenvalue weighted by Gasteiger charge is -2.14. The number of benzene rings is 5. The molecule has 0 unspecified atom stereocenters. The molecule has 4 aliphatic rings. The molecule has 0 atom stereocenters. The Bertz CT molecular complexity index is 4310. The van der Waals surface area contributed by atoms with Gasteiger partial charge in [0.25, 0.3) is 0 Å². The molecule has 0 N–H and O–H groups in total. The predicted molar refractivity (Wildman–Crippen MR) is 393 cm³/mol. The Balaban J connectivity index is 0.000000132. The van der Waals surface area contributed by atoms with Crippen molar-refractivity contribution in [1.29, 1.82) is 0 Å². The smallest absolute Gasteiger partial charge is 0.201 e. The van der Waals surface area contributed by atoms with Crippen LogP contribution in [-0.4, -0.2) is 0 Å². The Kier molecular flexibility index (Phi) is 22.2. The van der Waals surface area contributed by atoms with E-state index in [0.717, 1.165) is 40.5 Å². The highest BCUT2D eigenvalue weighted by Gasteiger charge is 2.27. The van der Waals surface area contributed by atoms with Gasteiger partial charge in [-0.1, -0.05) is 142 Å². The molecule has 4 fully saturated rings. The number of nitrogens with zero attached hydrogens (tertiary/aromatic N) is 5. The Labute approximate surface area is 571 Å². The Hall–Kier alpha value is -8.15. The molecule has 0 aliphatic heterocycles. The summed E-state index contributed by atoms with van der Waals surface area (Å²) in [6.45, 7) is 15.1. The van der Waals surface area contributed by atoms with Crippen LogP contribution < -0.4 is 22.8 Å². The molecule has 94 heavy (non-hydrogen) atoms. The van der Waals surface area contributed by atoms with Gasteiger partial charge in [0, 0.05) is 90.6 Å². The van der Waals surface area contributed by atoms with Gasteiger partial charge < -0.3 is 0 Å². The van der Waals surface area contributed by atoms with Crippen LogP contribution >= 0.6 is 0 Å². The van der Waals surface area contributed by atoms with Crippen molar-refractivity contribution in [3.8, 4) is 56.3 Å². The first-order valence-electron chi connectivity index (χ1n) is 36.9. The Morgan fingerprint density at radius 1 is 0.266 bits per heavy atom. The predicted octanol–water partition coefficient (Wildman–Crippen LogP) is 20.3. The van der Waals surface area contributed by atoms with E-state index >= 15 is 0 Å². The zero-order valence-electron chi connectivity index (χ0n) is 62.3. The van der Waals surface area contributed by atoms with Crippen molar-refractivity contribution >= 4 is 0 Å². The summed E-state index contributed by atoms with van der Waals surface area (Å²) in [5, 5.41) is 0. The van der Waals surface area contributed by atoms with E-state index in [4.69, 9.17) is 4.11 Å². The summed E-state index contributed by atoms with van der Waals surface area (Å²) in [4.78, 5) is 0. The summed E-state index contributed by atoms with van der Waals surface area (Å²) in [7, 11) is 10.5. The molecule has 4 aliphatic carbocycles. The second-order valence-electron chi connectivity index (χ2n) is 28.1. The fourth-order valence-corrected chi connectivity index (χ4v) is 15.5. The number of hydrogen-bond acceptors (Lipinski definition) is 0. The Morgan fingerprint density at radius 2 is 0.606 bits per heavy atom. The first-order chi connectivity index (χ1) is 46.6. The first-order valence-corrected chi connectivity index (χ1v) is 35.4. The SMILES string of the molecule is Cc1ccccc1-c1cc(C)c(C2CCCC2)c[n+]1C.Cc1ccccc1-c1cc(C2CCCC2)c(C)c[n+]1C.Cc1ccccc1-c1cc(C2CCCC2)cc[n+]1C.Cc1ccccc1-c1ccc(C2CCCC2)c[n+]1C.[2H]C([2H])([2H])c1c[n+](C)c(-c2ccccc2C)cc1C. The van der Waals surface area contributed by atoms with E-state index in [1.165, 1.54) is 198 Å². The summed E-state index contributed by atoms with van der Waals surface area (Å²) < 4.78 is 33.6. The molecule has 5 nitrogen and oxygen atoms in total. The quantitative estimate of drug-likeness (QED) is 0.128. The van der Waals surface area contributed by atoms with Crippen molar-refractivity contribution in [2.75, 3.05) is 0 Å². The van der Waals surface area contributed by atoms with Crippen molar-refractivity contribution < 1.29 is 26.9 Å². The molecule has 10 aromatic rings. The number of aryl methyl sites for hydroxylation is 14. The molecular formula is C89H110N5+5. The maximum Gasteiger partial charge on any atom is 0.212 e. The minimum atomic E-state index is -2.06. The van der Waals surface area contributed by atoms with Crippen molar-refractivity contribution in [2.45, 2.75) is 189 Å². The molecule has 0 spiro atoms. The van der Waals surface area contributed by atoms with E-state index in [-0.39, 0.29) is 0 Å². The van der Waals surface area contributed by atoms with E-state index in [2.05, 4.69) is 265 Å². The normalized spacial score (nSPS) is 15.5. The van der Waals surface area contributed by atoms with Gasteiger partial charge in [-0.15, -0.1) is 0 Å². The lowest BCUT2D eigenvalue weighted by Crippen LogP contribution is -2.32. The molecule has 486 valence electrons. The third-order valence-electron chi connectivity index (χ3n) is 21.2. The van der Waals surface area contributed by atoms with Gasteiger partial charge in [-0.3, -0.25) is 0 Å². The van der Waals surface area contributed by atoms with E-state index in [1.54, 1.807) is 17.3 Å². The fraction of sp³-hybridized carbons (Fsp3) is 0.382. The van der Waals surface area contributed by atoms with Crippen LogP contribution in [0.3, 0.4) is 0 Å². The van der Waals surface area contributed by atoms with Crippen molar-refractivity contribution in [3.63, 3.8) is 0 Å². The van der Waals surface area contributed by atoms with Crippen LogP contribution in [0.5, 0.6) is 0 Å². The first kappa shape index (κ1) is 64.6. The molecule has 4 saturated carbocycles. The molecule has 5 heteroatoms. The van der Waals surface area contributed by atoms with Gasteiger partial charge >= 0.3 is 0 Å². The van der Waals surface area contributed by atoms with Crippen LogP contribution in [0.25, 0.3) is 56.3 Å². The van der Waals surface area contributed by atoms with Gasteiger partial charge in [0.1, 0.15) is 35.2 Å². The number of pyridine rings is 5. The van der Waals surface area contributed by atoms with Gasteiger partial charge in [0.05, 0.1) is 0 Å². The van der Waals surface area contributed by atoms with E-state index < -0.39 is 6.85 Å². The summed E-state index contributed by atoms with van der Waals surface area (Å²) in [5.41, 5.74) is 29.7. The Morgan fingerprint density at radius 3 is 1.03 bits per heavy atom. The average Bonchev–Trinajstić information content (AvgIpc) is 1.87. The highest BCUT2D eigenvalue weighted by molar-refractivity contribution is 5.65. The average molecular weight is 1250 g/mol. The number of rotatable bonds is 9. The summed E-state index contributed by atoms with van der Waals surface area (Å²) in [6, 6.07) is 58.8. The third kappa shape index (κ3) is 16.8. The summed E-state index contributed by atoms with van der Waals surface area (Å²) in [5.74, 6) is 3.13. The summed E-state index contributed by atoms with van der Waals surface area (Å²) >= 11 is 0. The molecule has 0 saturated heterocycles. The van der Waals surface area contributed by atoms with Crippen molar-refractivity contribution in [3.05, 3.63) is 267 Å². The van der Waals surface area contributed by atoms with Crippen LogP contribution in [0, 0.1) is 62.2 Å². The third-order valence-corrected chi connectivity index (χ3v) is 21.2. The minimum absolute atomic E-state index is 0.410. The van der Waals surface area contributed by atoms with Gasteiger partial charge in [-0.25, -0.2) is 22.8 Å². The second kappa shape index (κ2) is 32.3. The monoisotopic (exact) mass is 1250 g/mol. The lowest BCUT2D eigenvalue weighted by atomic mass is 9.92. The molecule has 0 bridgehead atoms. The van der Waals surface area contributed by atoms with Crippen LogP contribution in [0.4, 0.5) is 0 Å². The second-order valence-corrected chi connectivity index (χ2v) is 28.1. The highest BCUT2D eigenvalue weighted by atomic mass is 14.9. The van der Waals surface area contributed by atoms with Crippen LogP contribution in [0.2, 0.25) is 0 Å². The van der Waals surface area contributed by atoms with Gasteiger partial charge in [0.2, 0.25) is 28.5 Å². The van der Waals surface area contributed by atoms with E-state index in [1.807, 2.05) is 36.7 Å². The molecule has 0 amide bonds.